The number of methoxy groups -OCH3 is 2. The lowest BCUT2D eigenvalue weighted by Gasteiger charge is -2.11. The lowest BCUT2D eigenvalue weighted by molar-refractivity contribution is -0.117. The molecule has 0 bridgehead atoms. The maximum absolute atomic E-state index is 13.0. The third kappa shape index (κ3) is 3.97. The molecule has 1 N–H and O–H groups in total. The van der Waals surface area contributed by atoms with Crippen molar-refractivity contribution in [3.63, 3.8) is 0 Å². The van der Waals surface area contributed by atoms with Gasteiger partial charge in [-0.25, -0.2) is 18.9 Å². The van der Waals surface area contributed by atoms with Crippen molar-refractivity contribution >= 4 is 17.2 Å². The number of aromatic nitrogens is 4. The van der Waals surface area contributed by atoms with E-state index >= 15 is 0 Å². The summed E-state index contributed by atoms with van der Waals surface area (Å²) in [4.78, 5) is 30.2. The van der Waals surface area contributed by atoms with E-state index in [4.69, 9.17) is 9.47 Å². The van der Waals surface area contributed by atoms with Crippen molar-refractivity contribution in [3.8, 4) is 22.9 Å². The fourth-order valence-corrected chi connectivity index (χ4v) is 3.26. The lowest BCUT2D eigenvalue weighted by Crippen LogP contribution is -2.29. The number of amides is 1. The predicted octanol–water partition coefficient (Wildman–Crippen LogP) is 2.52. The molecule has 4 rings (SSSR count). The van der Waals surface area contributed by atoms with E-state index in [0.717, 1.165) is 15.9 Å². The second-order valence-electron chi connectivity index (χ2n) is 6.84. The number of fused-ring (bicyclic) bond motifs is 1. The van der Waals surface area contributed by atoms with E-state index in [1.165, 1.54) is 11.5 Å². The van der Waals surface area contributed by atoms with Gasteiger partial charge in [-0.15, -0.1) is 5.10 Å². The fraction of sp³-hybridized carbons (Fsp3) is 0.182. The van der Waals surface area contributed by atoms with Crippen molar-refractivity contribution < 1.29 is 14.3 Å². The Balaban J connectivity index is 1.66. The van der Waals surface area contributed by atoms with Gasteiger partial charge in [0.05, 0.1) is 19.9 Å². The highest BCUT2D eigenvalue weighted by Crippen LogP contribution is 2.29. The molecule has 0 fully saturated rings. The summed E-state index contributed by atoms with van der Waals surface area (Å²) in [6.07, 6.45) is 0. The van der Waals surface area contributed by atoms with Gasteiger partial charge in [-0.05, 0) is 19.1 Å². The molecule has 2 heterocycles. The molecule has 0 saturated carbocycles. The number of anilines is 1. The summed E-state index contributed by atoms with van der Waals surface area (Å²) in [7, 11) is 3.04. The van der Waals surface area contributed by atoms with Crippen molar-refractivity contribution in [2.45, 2.75) is 13.5 Å². The van der Waals surface area contributed by atoms with Gasteiger partial charge < -0.3 is 14.8 Å². The Bertz CT molecular complexity index is 1310. The zero-order valence-corrected chi connectivity index (χ0v) is 17.3. The first-order valence-corrected chi connectivity index (χ1v) is 9.54. The molecule has 0 aliphatic carbocycles. The quantitative estimate of drug-likeness (QED) is 0.516. The number of carbonyl (C=O) groups is 1. The molecule has 2 aromatic heterocycles. The first-order chi connectivity index (χ1) is 15.0. The van der Waals surface area contributed by atoms with Crippen molar-refractivity contribution in [3.05, 3.63) is 70.8 Å². The van der Waals surface area contributed by atoms with E-state index in [9.17, 15) is 9.59 Å². The van der Waals surface area contributed by atoms with Crippen LogP contribution in [0.2, 0.25) is 0 Å². The first kappa shape index (κ1) is 20.1. The number of carbonyl (C=O) groups excluding carboxylic acids is 1. The summed E-state index contributed by atoms with van der Waals surface area (Å²) in [6.45, 7) is 1.57. The van der Waals surface area contributed by atoms with Gasteiger partial charge in [-0.2, -0.15) is 0 Å². The van der Waals surface area contributed by atoms with Gasteiger partial charge in [0.15, 0.2) is 5.65 Å². The minimum absolute atomic E-state index is 0.261. The molecule has 9 heteroatoms. The highest BCUT2D eigenvalue weighted by atomic mass is 16.5. The van der Waals surface area contributed by atoms with Gasteiger partial charge in [0.1, 0.15) is 23.9 Å². The second kappa shape index (κ2) is 8.31. The number of nitrogens with zero attached hydrogens (tertiary/aromatic N) is 4. The van der Waals surface area contributed by atoms with Gasteiger partial charge in [-0.3, -0.25) is 4.79 Å². The number of rotatable bonds is 6. The summed E-state index contributed by atoms with van der Waals surface area (Å²) >= 11 is 0. The fourth-order valence-electron chi connectivity index (χ4n) is 3.26. The van der Waals surface area contributed by atoms with Crippen molar-refractivity contribution in [2.24, 2.45) is 0 Å². The van der Waals surface area contributed by atoms with Crippen LogP contribution in [0, 0.1) is 6.92 Å². The molecule has 158 valence electrons. The second-order valence-corrected chi connectivity index (χ2v) is 6.84. The molecule has 1 amide bonds. The SMILES string of the molecule is COc1ccc(NC(=O)Cn2nc3cc(C)nc(-c4ccccc4)n3c2=O)c(OC)c1. The van der Waals surface area contributed by atoms with Crippen molar-refractivity contribution in [1.82, 2.24) is 19.2 Å². The Hall–Kier alpha value is -4.14. The Labute approximate surface area is 177 Å². The Morgan fingerprint density at radius 1 is 1.06 bits per heavy atom. The van der Waals surface area contributed by atoms with Gasteiger partial charge in [0.2, 0.25) is 5.91 Å². The van der Waals surface area contributed by atoms with Crippen LogP contribution < -0.4 is 20.5 Å². The number of benzene rings is 2. The van der Waals surface area contributed by atoms with Crippen LogP contribution >= 0.6 is 0 Å². The largest absolute Gasteiger partial charge is 0.497 e. The smallest absolute Gasteiger partial charge is 0.352 e. The number of hydrogen-bond donors (Lipinski definition) is 1. The molecule has 31 heavy (non-hydrogen) atoms. The van der Waals surface area contributed by atoms with E-state index in [2.05, 4.69) is 15.4 Å². The molecule has 2 aromatic carbocycles. The Morgan fingerprint density at radius 3 is 2.55 bits per heavy atom. The van der Waals surface area contributed by atoms with Crippen molar-refractivity contribution in [2.75, 3.05) is 19.5 Å². The van der Waals surface area contributed by atoms with Gasteiger partial charge >= 0.3 is 5.69 Å². The molecule has 9 nitrogen and oxygen atoms in total. The molecule has 0 saturated heterocycles. The van der Waals surface area contributed by atoms with E-state index in [-0.39, 0.29) is 6.54 Å². The predicted molar refractivity (Wildman–Crippen MR) is 116 cm³/mol. The minimum atomic E-state index is -0.446. The highest BCUT2D eigenvalue weighted by molar-refractivity contribution is 5.92. The Morgan fingerprint density at radius 2 is 1.84 bits per heavy atom. The van der Waals surface area contributed by atoms with Crippen LogP contribution in [0.1, 0.15) is 5.69 Å². The Kier molecular flexibility index (Phi) is 5.40. The summed E-state index contributed by atoms with van der Waals surface area (Å²) in [5.74, 6) is 1.10. The maximum atomic E-state index is 13.0. The molecule has 0 aliphatic rings. The van der Waals surface area contributed by atoms with E-state index in [1.807, 2.05) is 37.3 Å². The summed E-state index contributed by atoms with van der Waals surface area (Å²) in [6, 6.07) is 16.1. The number of aryl methyl sites for hydroxylation is 1. The summed E-state index contributed by atoms with van der Waals surface area (Å²) in [5, 5.41) is 7.07. The van der Waals surface area contributed by atoms with Crippen LogP contribution in [-0.2, 0) is 11.3 Å². The third-order valence-corrected chi connectivity index (χ3v) is 4.70. The summed E-state index contributed by atoms with van der Waals surface area (Å²) in [5.41, 5.74) is 1.94. The van der Waals surface area contributed by atoms with Crippen LogP contribution in [-0.4, -0.2) is 39.3 Å². The molecular formula is C22H21N5O4. The van der Waals surface area contributed by atoms with Gasteiger partial charge in [0.25, 0.3) is 0 Å². The molecule has 0 spiro atoms. The average Bonchev–Trinajstić information content (AvgIpc) is 3.08. The molecule has 0 atom stereocenters. The summed E-state index contributed by atoms with van der Waals surface area (Å²) < 4.78 is 13.0. The van der Waals surface area contributed by atoms with E-state index < -0.39 is 11.6 Å². The molecular weight excluding hydrogens is 398 g/mol. The molecule has 4 aromatic rings. The molecule has 0 unspecified atom stereocenters. The van der Waals surface area contributed by atoms with Crippen LogP contribution in [0.15, 0.2) is 59.4 Å². The van der Waals surface area contributed by atoms with E-state index in [0.29, 0.717) is 28.7 Å². The first-order valence-electron chi connectivity index (χ1n) is 9.54. The van der Waals surface area contributed by atoms with Crippen LogP contribution in [0.4, 0.5) is 5.69 Å². The molecule has 0 aliphatic heterocycles. The number of ether oxygens (including phenoxy) is 2. The van der Waals surface area contributed by atoms with Crippen LogP contribution in [0.5, 0.6) is 11.5 Å². The third-order valence-electron chi connectivity index (χ3n) is 4.70. The molecule has 0 radical (unpaired) electrons. The van der Waals surface area contributed by atoms with Crippen LogP contribution in [0.25, 0.3) is 17.0 Å². The zero-order valence-electron chi connectivity index (χ0n) is 17.3. The normalized spacial score (nSPS) is 10.8. The van der Waals surface area contributed by atoms with Crippen LogP contribution in [0.3, 0.4) is 0 Å². The minimum Gasteiger partial charge on any atom is -0.497 e. The van der Waals surface area contributed by atoms with Gasteiger partial charge in [-0.1, -0.05) is 30.3 Å². The maximum Gasteiger partial charge on any atom is 0.352 e. The lowest BCUT2D eigenvalue weighted by atomic mass is 10.2. The average molecular weight is 419 g/mol. The monoisotopic (exact) mass is 419 g/mol. The number of nitrogens with one attached hydrogen (secondary N) is 1. The van der Waals surface area contributed by atoms with E-state index in [1.54, 1.807) is 31.4 Å². The number of hydrogen-bond acceptors (Lipinski definition) is 6. The zero-order chi connectivity index (χ0) is 22.0. The highest BCUT2D eigenvalue weighted by Gasteiger charge is 2.17. The van der Waals surface area contributed by atoms with Gasteiger partial charge in [0, 0.05) is 23.4 Å². The van der Waals surface area contributed by atoms with Crippen molar-refractivity contribution in [1.29, 1.82) is 0 Å². The standard InChI is InChI=1S/C22H21N5O4/c1-14-11-19-25-26(22(29)27(19)21(23-14)15-7-5-4-6-8-15)13-20(28)24-17-10-9-16(30-2)12-18(17)31-3/h4-12H,13H2,1-3H3,(H,24,28). The topological polar surface area (TPSA) is 99.7 Å².